The van der Waals surface area contributed by atoms with Gasteiger partial charge in [0.1, 0.15) is 0 Å². The van der Waals surface area contributed by atoms with E-state index in [1.54, 1.807) is 0 Å². The fourth-order valence-electron chi connectivity index (χ4n) is 1.37. The van der Waals surface area contributed by atoms with Crippen molar-refractivity contribution in [1.82, 2.24) is 5.32 Å². The number of aliphatic imine (C=N–C) groups is 1. The quantitative estimate of drug-likeness (QED) is 0.311. The average Bonchev–Trinajstić information content (AvgIpc) is 2.09. The van der Waals surface area contributed by atoms with Gasteiger partial charge in [0.25, 0.3) is 5.96 Å². The fourth-order valence-corrected chi connectivity index (χ4v) is 1.37. The molecule has 1 N–H and O–H groups in total. The van der Waals surface area contributed by atoms with Gasteiger partial charge < -0.3 is 5.32 Å². The molecule has 0 atom stereocenters. The Morgan fingerprint density at radius 2 is 1.79 bits per heavy atom. The van der Waals surface area contributed by atoms with Crippen molar-refractivity contribution < 1.29 is 4.48 Å². The Bertz CT molecular complexity index is 168. The summed E-state index contributed by atoms with van der Waals surface area (Å²) in [5, 5.41) is 3.39. The van der Waals surface area contributed by atoms with Crippen LogP contribution in [0.5, 0.6) is 0 Å². The lowest BCUT2D eigenvalue weighted by Crippen LogP contribution is -2.49. The van der Waals surface area contributed by atoms with Crippen LogP contribution in [0.25, 0.3) is 0 Å². The monoisotopic (exact) mass is 200 g/mol. The Kier molecular flexibility index (Phi) is 6.54. The molecule has 0 rings (SSSR count). The van der Waals surface area contributed by atoms with E-state index in [9.17, 15) is 0 Å². The van der Waals surface area contributed by atoms with Crippen LogP contribution in [0.2, 0.25) is 0 Å². The molecule has 0 saturated heterocycles. The van der Waals surface area contributed by atoms with E-state index in [-0.39, 0.29) is 0 Å². The predicted molar refractivity (Wildman–Crippen MR) is 63.5 cm³/mol. The highest BCUT2D eigenvalue weighted by Crippen LogP contribution is 1.98. The molecule has 0 heterocycles. The smallest absolute Gasteiger partial charge is 0.296 e. The van der Waals surface area contributed by atoms with Crippen LogP contribution in [0, 0.1) is 0 Å². The molecule has 0 saturated carbocycles. The minimum absolute atomic E-state index is 0.768. The zero-order valence-electron chi connectivity index (χ0n) is 10.4. The Morgan fingerprint density at radius 3 is 2.21 bits per heavy atom. The van der Waals surface area contributed by atoms with E-state index in [0.29, 0.717) is 0 Å². The first-order valence-electron chi connectivity index (χ1n) is 5.55. The molecule has 0 spiro atoms. The predicted octanol–water partition coefficient (Wildman–Crippen LogP) is 1.85. The highest BCUT2D eigenvalue weighted by Gasteiger charge is 2.15. The van der Waals surface area contributed by atoms with Crippen molar-refractivity contribution >= 4 is 5.96 Å². The van der Waals surface area contributed by atoms with Crippen LogP contribution < -0.4 is 5.32 Å². The molecule has 0 aromatic carbocycles. The summed E-state index contributed by atoms with van der Waals surface area (Å²) in [7, 11) is 8.22. The molecule has 0 amide bonds. The van der Waals surface area contributed by atoms with E-state index < -0.39 is 0 Å². The molecule has 0 radical (unpaired) electrons. The molecule has 0 aromatic rings. The highest BCUT2D eigenvalue weighted by atomic mass is 15.4. The number of unbranched alkanes of at least 4 members (excludes halogenated alkanes) is 3. The summed E-state index contributed by atoms with van der Waals surface area (Å²) in [6, 6.07) is 0. The zero-order valence-corrected chi connectivity index (χ0v) is 10.4. The van der Waals surface area contributed by atoms with Gasteiger partial charge in [0.15, 0.2) is 0 Å². The normalized spacial score (nSPS) is 13.1. The maximum Gasteiger partial charge on any atom is 0.296 e. The van der Waals surface area contributed by atoms with Crippen molar-refractivity contribution in [2.24, 2.45) is 4.99 Å². The first-order chi connectivity index (χ1) is 6.52. The Labute approximate surface area is 88.8 Å². The number of guanidine groups is 1. The third-order valence-electron chi connectivity index (χ3n) is 2.16. The third kappa shape index (κ3) is 5.97. The van der Waals surface area contributed by atoms with E-state index in [4.69, 9.17) is 0 Å². The summed E-state index contributed by atoms with van der Waals surface area (Å²) in [6.45, 7) is 3.28. The van der Waals surface area contributed by atoms with Crippen molar-refractivity contribution in [1.29, 1.82) is 0 Å². The van der Waals surface area contributed by atoms with E-state index in [0.717, 1.165) is 17.0 Å². The van der Waals surface area contributed by atoms with Crippen molar-refractivity contribution in [2.75, 3.05) is 34.7 Å². The minimum atomic E-state index is 0.768. The Hall–Kier alpha value is -0.570. The van der Waals surface area contributed by atoms with Crippen LogP contribution in [0.1, 0.15) is 32.6 Å². The maximum atomic E-state index is 4.25. The number of nitrogens with one attached hydrogen (secondary N) is 1. The molecular formula is C11H26N3+. The molecule has 0 bridgehead atoms. The maximum absolute atomic E-state index is 4.25. The van der Waals surface area contributed by atoms with Crippen molar-refractivity contribution in [3.63, 3.8) is 0 Å². The minimum Gasteiger partial charge on any atom is -0.325 e. The van der Waals surface area contributed by atoms with E-state index in [2.05, 4.69) is 38.4 Å². The van der Waals surface area contributed by atoms with Gasteiger partial charge in [0, 0.05) is 13.6 Å². The van der Waals surface area contributed by atoms with E-state index in [1.807, 2.05) is 7.05 Å². The first-order valence-corrected chi connectivity index (χ1v) is 5.55. The second kappa shape index (κ2) is 6.82. The number of rotatable bonds is 5. The first kappa shape index (κ1) is 13.4. The topological polar surface area (TPSA) is 24.4 Å². The molecule has 3 heteroatoms. The molecule has 0 aliphatic rings. The summed E-state index contributed by atoms with van der Waals surface area (Å²) in [4.78, 5) is 4.25. The summed E-state index contributed by atoms with van der Waals surface area (Å²) < 4.78 is 0.768. The van der Waals surface area contributed by atoms with Gasteiger partial charge in [-0.3, -0.25) is 4.48 Å². The SMILES string of the molecule is CCCCCCNC(=NC)[N+](C)(C)C. The lowest BCUT2D eigenvalue weighted by atomic mass is 10.2. The second-order valence-electron chi connectivity index (χ2n) is 4.55. The number of hydrogen-bond donors (Lipinski definition) is 1. The zero-order chi connectivity index (χ0) is 11.0. The molecular weight excluding hydrogens is 174 g/mol. The van der Waals surface area contributed by atoms with Gasteiger partial charge in [-0.05, 0) is 6.42 Å². The van der Waals surface area contributed by atoms with Crippen molar-refractivity contribution in [3.05, 3.63) is 0 Å². The van der Waals surface area contributed by atoms with E-state index in [1.165, 1.54) is 25.7 Å². The lowest BCUT2D eigenvalue weighted by Gasteiger charge is -2.24. The van der Waals surface area contributed by atoms with Gasteiger partial charge in [-0.25, -0.2) is 4.99 Å². The van der Waals surface area contributed by atoms with Crippen LogP contribution in [0.3, 0.4) is 0 Å². The fraction of sp³-hybridized carbons (Fsp3) is 0.909. The lowest BCUT2D eigenvalue weighted by molar-refractivity contribution is -0.779. The molecule has 14 heavy (non-hydrogen) atoms. The van der Waals surface area contributed by atoms with Crippen LogP contribution in [0.15, 0.2) is 4.99 Å². The van der Waals surface area contributed by atoms with Crippen LogP contribution >= 0.6 is 0 Å². The third-order valence-corrected chi connectivity index (χ3v) is 2.16. The van der Waals surface area contributed by atoms with Crippen LogP contribution in [-0.4, -0.2) is 45.2 Å². The summed E-state index contributed by atoms with van der Waals surface area (Å²) in [5.74, 6) is 1.06. The summed E-state index contributed by atoms with van der Waals surface area (Å²) in [5.41, 5.74) is 0. The standard InChI is InChI=1S/C11H26N3/c1-6-7-8-9-10-13-11(12-2)14(3,4)5/h6-10H2,1-5H3,(H,12,13)/q+1. The molecule has 0 aliphatic heterocycles. The van der Waals surface area contributed by atoms with Gasteiger partial charge in [0.05, 0.1) is 21.1 Å². The number of nitrogens with zero attached hydrogens (tertiary/aromatic N) is 2. The number of hydrogen-bond acceptors (Lipinski definition) is 1. The van der Waals surface area contributed by atoms with Crippen LogP contribution in [-0.2, 0) is 0 Å². The molecule has 84 valence electrons. The average molecular weight is 200 g/mol. The summed E-state index contributed by atoms with van der Waals surface area (Å²) in [6.07, 6.45) is 5.19. The van der Waals surface area contributed by atoms with Crippen molar-refractivity contribution in [3.8, 4) is 0 Å². The second-order valence-corrected chi connectivity index (χ2v) is 4.55. The van der Waals surface area contributed by atoms with Gasteiger partial charge >= 0.3 is 0 Å². The largest absolute Gasteiger partial charge is 0.325 e. The molecule has 0 unspecified atom stereocenters. The Balaban J connectivity index is 3.66. The van der Waals surface area contributed by atoms with Gasteiger partial charge in [-0.1, -0.05) is 26.2 Å². The van der Waals surface area contributed by atoms with Gasteiger partial charge in [-0.2, -0.15) is 0 Å². The van der Waals surface area contributed by atoms with Crippen molar-refractivity contribution in [2.45, 2.75) is 32.6 Å². The molecule has 0 aliphatic carbocycles. The van der Waals surface area contributed by atoms with E-state index >= 15 is 0 Å². The van der Waals surface area contributed by atoms with Gasteiger partial charge in [0.2, 0.25) is 0 Å². The number of quaternary nitrogens is 1. The van der Waals surface area contributed by atoms with Crippen LogP contribution in [0.4, 0.5) is 0 Å². The molecule has 3 nitrogen and oxygen atoms in total. The highest BCUT2D eigenvalue weighted by molar-refractivity contribution is 5.72. The summed E-state index contributed by atoms with van der Waals surface area (Å²) >= 11 is 0. The van der Waals surface area contributed by atoms with Gasteiger partial charge in [-0.15, -0.1) is 0 Å². The molecule has 0 aromatic heterocycles. The molecule has 0 fully saturated rings. The Morgan fingerprint density at radius 1 is 1.14 bits per heavy atom.